The number of nitrogens with zero attached hydrogens (tertiary/aromatic N) is 2. The van der Waals surface area contributed by atoms with Crippen LogP contribution in [0.2, 0.25) is 0 Å². The van der Waals surface area contributed by atoms with Gasteiger partial charge in [-0.05, 0) is 59.2 Å². The number of aryl methyl sites for hydroxylation is 1. The fourth-order valence-electron chi connectivity index (χ4n) is 3.51. The lowest BCUT2D eigenvalue weighted by molar-refractivity contribution is -0.112. The van der Waals surface area contributed by atoms with E-state index in [0.717, 1.165) is 39.8 Å². The molecule has 0 aliphatic rings. The smallest absolute Gasteiger partial charge is 0.266 e. The molecule has 0 saturated carbocycles. The predicted molar refractivity (Wildman–Crippen MR) is 121 cm³/mol. The maximum atomic E-state index is 12.7. The van der Waals surface area contributed by atoms with Crippen LogP contribution in [-0.4, -0.2) is 10.5 Å². The monoisotopic (exact) mass is 391 g/mol. The normalized spacial score (nSPS) is 11.3. The van der Waals surface area contributed by atoms with Crippen molar-refractivity contribution in [3.8, 4) is 11.8 Å². The summed E-state index contributed by atoms with van der Waals surface area (Å²) in [5.74, 6) is -0.412. The number of nitrogens with one attached hydrogen (secondary N) is 1. The van der Waals surface area contributed by atoms with Crippen LogP contribution in [0.15, 0.2) is 90.6 Å². The predicted octanol–water partition coefficient (Wildman–Crippen LogP) is 5.74. The van der Waals surface area contributed by atoms with E-state index in [-0.39, 0.29) is 5.57 Å². The molecular weight excluding hydrogens is 370 g/mol. The zero-order valence-corrected chi connectivity index (χ0v) is 16.7. The molecular formula is C26H21N3O. The largest absolute Gasteiger partial charge is 0.321 e. The summed E-state index contributed by atoms with van der Waals surface area (Å²) in [5.41, 5.74) is 3.56. The highest BCUT2D eigenvalue weighted by Crippen LogP contribution is 2.22. The van der Waals surface area contributed by atoms with E-state index >= 15 is 0 Å². The molecule has 0 spiro atoms. The van der Waals surface area contributed by atoms with Crippen LogP contribution >= 0.6 is 0 Å². The topological polar surface area (TPSA) is 57.8 Å². The van der Waals surface area contributed by atoms with E-state index in [9.17, 15) is 10.1 Å². The number of fused-ring (bicyclic) bond motifs is 1. The molecule has 4 aromatic rings. The summed E-state index contributed by atoms with van der Waals surface area (Å²) in [6, 6.07) is 27.8. The summed E-state index contributed by atoms with van der Waals surface area (Å²) in [5, 5.41) is 14.8. The molecule has 0 fully saturated rings. The average molecular weight is 391 g/mol. The second-order valence-electron chi connectivity index (χ2n) is 6.97. The Morgan fingerprint density at radius 3 is 2.57 bits per heavy atom. The van der Waals surface area contributed by atoms with Crippen LogP contribution in [0.1, 0.15) is 18.2 Å². The van der Waals surface area contributed by atoms with Gasteiger partial charge in [0.05, 0.1) is 0 Å². The van der Waals surface area contributed by atoms with E-state index < -0.39 is 5.91 Å². The highest BCUT2D eigenvalue weighted by atomic mass is 16.1. The highest BCUT2D eigenvalue weighted by Gasteiger charge is 2.13. The van der Waals surface area contributed by atoms with E-state index in [1.54, 1.807) is 6.08 Å². The third-order valence-electron chi connectivity index (χ3n) is 5.10. The van der Waals surface area contributed by atoms with Crippen molar-refractivity contribution in [3.63, 3.8) is 0 Å². The Labute approximate surface area is 175 Å². The Kier molecular flexibility index (Phi) is 5.45. The Bertz CT molecular complexity index is 1290. The molecule has 0 aliphatic carbocycles. The van der Waals surface area contributed by atoms with Crippen LogP contribution in [0.25, 0.3) is 22.5 Å². The number of amides is 1. The van der Waals surface area contributed by atoms with Gasteiger partial charge in [0.1, 0.15) is 11.6 Å². The van der Waals surface area contributed by atoms with Gasteiger partial charge in [-0.3, -0.25) is 4.79 Å². The number of hydrogen-bond donors (Lipinski definition) is 1. The summed E-state index contributed by atoms with van der Waals surface area (Å²) in [6.07, 6.45) is 4.35. The third kappa shape index (κ3) is 3.87. The van der Waals surface area contributed by atoms with Crippen LogP contribution < -0.4 is 5.32 Å². The van der Waals surface area contributed by atoms with Crippen molar-refractivity contribution in [2.45, 2.75) is 13.3 Å². The minimum absolute atomic E-state index is 0.0571. The summed E-state index contributed by atoms with van der Waals surface area (Å²) in [7, 11) is 0. The molecule has 1 N–H and O–H groups in total. The van der Waals surface area contributed by atoms with Crippen molar-refractivity contribution in [2.24, 2.45) is 0 Å². The molecule has 4 nitrogen and oxygen atoms in total. The number of benzene rings is 3. The van der Waals surface area contributed by atoms with E-state index in [1.165, 1.54) is 0 Å². The van der Waals surface area contributed by atoms with Crippen molar-refractivity contribution in [1.82, 2.24) is 4.57 Å². The van der Waals surface area contributed by atoms with E-state index in [1.807, 2.05) is 78.4 Å². The number of rotatable bonds is 5. The van der Waals surface area contributed by atoms with Gasteiger partial charge in [-0.2, -0.15) is 5.26 Å². The molecule has 4 heteroatoms. The van der Waals surface area contributed by atoms with E-state index in [2.05, 4.69) is 29.6 Å². The minimum atomic E-state index is -0.412. The van der Waals surface area contributed by atoms with Gasteiger partial charge in [0.15, 0.2) is 0 Å². The number of hydrogen-bond acceptors (Lipinski definition) is 2. The summed E-state index contributed by atoms with van der Waals surface area (Å²) in [6.45, 7) is 2.03. The number of carbonyl (C=O) groups is 1. The van der Waals surface area contributed by atoms with Crippen molar-refractivity contribution in [2.75, 3.05) is 5.32 Å². The summed E-state index contributed by atoms with van der Waals surface area (Å²) in [4.78, 5) is 12.7. The first-order chi connectivity index (χ1) is 14.7. The number of carbonyl (C=O) groups excluding carboxylic acids is 1. The Morgan fingerprint density at radius 2 is 1.77 bits per heavy atom. The average Bonchev–Trinajstić information content (AvgIpc) is 3.25. The lowest BCUT2D eigenvalue weighted by atomic mass is 10.1. The first-order valence-electron chi connectivity index (χ1n) is 9.87. The molecule has 30 heavy (non-hydrogen) atoms. The summed E-state index contributed by atoms with van der Waals surface area (Å²) >= 11 is 0. The third-order valence-corrected chi connectivity index (χ3v) is 5.10. The summed E-state index contributed by atoms with van der Waals surface area (Å²) < 4.78 is 1.97. The van der Waals surface area contributed by atoms with Gasteiger partial charge < -0.3 is 9.88 Å². The zero-order chi connectivity index (χ0) is 20.9. The molecule has 1 aromatic heterocycles. The van der Waals surface area contributed by atoms with Gasteiger partial charge in [0, 0.05) is 23.3 Å². The number of aromatic nitrogens is 1. The molecule has 146 valence electrons. The van der Waals surface area contributed by atoms with Gasteiger partial charge in [-0.15, -0.1) is 0 Å². The molecule has 0 bridgehead atoms. The second kappa shape index (κ2) is 8.50. The van der Waals surface area contributed by atoms with Crippen LogP contribution in [0.3, 0.4) is 0 Å². The minimum Gasteiger partial charge on any atom is -0.321 e. The molecule has 0 unspecified atom stereocenters. The Hall–Kier alpha value is -4.10. The standard InChI is InChI=1S/C26H21N3O/c1-2-19-8-5-6-12-25(19)28-26(30)22(18-27)17-23-11-7-15-29(23)24-14-13-20-9-3-4-10-21(20)16-24/h3-17H,2H2,1H3,(H,28,30)/b22-17-. The van der Waals surface area contributed by atoms with Crippen LogP contribution in [0, 0.1) is 11.3 Å². The first kappa shape index (κ1) is 19.2. The maximum absolute atomic E-state index is 12.7. The van der Waals surface area contributed by atoms with Gasteiger partial charge in [0.2, 0.25) is 0 Å². The van der Waals surface area contributed by atoms with Gasteiger partial charge in [-0.25, -0.2) is 0 Å². The van der Waals surface area contributed by atoms with Crippen LogP contribution in [-0.2, 0) is 11.2 Å². The Balaban J connectivity index is 1.66. The van der Waals surface area contributed by atoms with Crippen LogP contribution in [0.5, 0.6) is 0 Å². The number of anilines is 1. The van der Waals surface area contributed by atoms with Crippen LogP contribution in [0.4, 0.5) is 5.69 Å². The van der Waals surface area contributed by atoms with E-state index in [0.29, 0.717) is 0 Å². The maximum Gasteiger partial charge on any atom is 0.266 e. The van der Waals surface area contributed by atoms with Crippen molar-refractivity contribution in [1.29, 1.82) is 5.26 Å². The van der Waals surface area contributed by atoms with Crippen molar-refractivity contribution in [3.05, 3.63) is 102 Å². The zero-order valence-electron chi connectivity index (χ0n) is 16.7. The lowest BCUT2D eigenvalue weighted by Crippen LogP contribution is -2.15. The number of nitriles is 1. The second-order valence-corrected chi connectivity index (χ2v) is 6.97. The Morgan fingerprint density at radius 1 is 1.00 bits per heavy atom. The van der Waals surface area contributed by atoms with Crippen molar-refractivity contribution < 1.29 is 4.79 Å². The molecule has 1 amide bonds. The molecule has 3 aromatic carbocycles. The fourth-order valence-corrected chi connectivity index (χ4v) is 3.51. The molecule has 0 atom stereocenters. The molecule has 0 radical (unpaired) electrons. The lowest BCUT2D eigenvalue weighted by Gasteiger charge is -2.10. The van der Waals surface area contributed by atoms with Gasteiger partial charge in [-0.1, -0.05) is 55.5 Å². The van der Waals surface area contributed by atoms with Gasteiger partial charge in [0.25, 0.3) is 5.91 Å². The molecule has 1 heterocycles. The molecule has 4 rings (SSSR count). The van der Waals surface area contributed by atoms with Crippen molar-refractivity contribution >= 4 is 28.4 Å². The number of para-hydroxylation sites is 1. The SMILES string of the molecule is CCc1ccccc1NC(=O)/C(C#N)=C\c1cccn1-c1ccc2ccccc2c1. The van der Waals surface area contributed by atoms with Gasteiger partial charge >= 0.3 is 0 Å². The fraction of sp³-hybridized carbons (Fsp3) is 0.0769. The quantitative estimate of drug-likeness (QED) is 0.348. The van der Waals surface area contributed by atoms with E-state index in [4.69, 9.17) is 0 Å². The molecule has 0 aliphatic heterocycles. The highest BCUT2D eigenvalue weighted by molar-refractivity contribution is 6.09. The molecule has 0 saturated heterocycles. The first-order valence-corrected chi connectivity index (χ1v) is 9.87.